The summed E-state index contributed by atoms with van der Waals surface area (Å²) < 4.78 is 11.4. The van der Waals surface area contributed by atoms with E-state index in [1.54, 1.807) is 30.3 Å². The van der Waals surface area contributed by atoms with Crippen molar-refractivity contribution in [2.75, 3.05) is 0 Å². The highest BCUT2D eigenvalue weighted by molar-refractivity contribution is 6.30. The summed E-state index contributed by atoms with van der Waals surface area (Å²) in [5.74, 6) is -0.0244. The molecule has 0 N–H and O–H groups in total. The fraction of sp³-hybridized carbons (Fsp3) is 0.0769. The Kier molecular flexibility index (Phi) is 2.76. The Labute approximate surface area is 113 Å². The molecular weight excluding hydrogens is 268 g/mol. The summed E-state index contributed by atoms with van der Waals surface area (Å²) in [5, 5.41) is 4.71. The van der Waals surface area contributed by atoms with Gasteiger partial charge in [-0.15, -0.1) is 5.10 Å². The van der Waals surface area contributed by atoms with Gasteiger partial charge in [-0.2, -0.15) is 4.68 Å². The Bertz CT molecular complexity index is 772. The van der Waals surface area contributed by atoms with Crippen molar-refractivity contribution in [1.82, 2.24) is 9.78 Å². The van der Waals surface area contributed by atoms with E-state index in [2.05, 4.69) is 5.10 Å². The number of furan rings is 1. The van der Waals surface area contributed by atoms with Gasteiger partial charge in [-0.05, 0) is 42.8 Å². The minimum atomic E-state index is -0.572. The van der Waals surface area contributed by atoms with Crippen LogP contribution in [0.2, 0.25) is 5.02 Å². The van der Waals surface area contributed by atoms with Crippen molar-refractivity contribution in [3.63, 3.8) is 0 Å². The van der Waals surface area contributed by atoms with E-state index in [9.17, 15) is 4.79 Å². The first-order chi connectivity index (χ1) is 9.15. The summed E-state index contributed by atoms with van der Waals surface area (Å²) in [6, 6.07) is 8.53. The monoisotopic (exact) mass is 276 g/mol. The molecule has 0 aliphatic carbocycles. The Morgan fingerprint density at radius 1 is 1.32 bits per heavy atom. The van der Waals surface area contributed by atoms with Crippen LogP contribution in [0.3, 0.4) is 0 Å². The van der Waals surface area contributed by atoms with Gasteiger partial charge in [0.15, 0.2) is 5.76 Å². The lowest BCUT2D eigenvalue weighted by Gasteiger charge is -2.03. The topological polar surface area (TPSA) is 61.2 Å². The summed E-state index contributed by atoms with van der Waals surface area (Å²) in [5.41, 5.74) is 1.45. The fourth-order valence-electron chi connectivity index (χ4n) is 1.79. The maximum atomic E-state index is 11.8. The molecule has 2 heterocycles. The number of nitrogens with zero attached hydrogens (tertiary/aromatic N) is 2. The largest absolute Gasteiger partial charge is 0.459 e. The van der Waals surface area contributed by atoms with Crippen molar-refractivity contribution in [1.29, 1.82) is 0 Å². The molecule has 3 aromatic rings. The molecule has 0 amide bonds. The smallest absolute Gasteiger partial charge is 0.442 e. The quantitative estimate of drug-likeness (QED) is 0.722. The Morgan fingerprint density at radius 3 is 2.84 bits per heavy atom. The van der Waals surface area contributed by atoms with E-state index in [1.165, 1.54) is 10.9 Å². The summed E-state index contributed by atoms with van der Waals surface area (Å²) in [6.45, 7) is 1.84. The number of hydrogen-bond donors (Lipinski definition) is 0. The molecule has 0 fully saturated rings. The number of aromatic nitrogens is 2. The highest BCUT2D eigenvalue weighted by Gasteiger charge is 2.15. The molecule has 0 aliphatic heterocycles. The maximum Gasteiger partial charge on any atom is 0.442 e. The zero-order chi connectivity index (χ0) is 13.4. The van der Waals surface area contributed by atoms with Crippen LogP contribution in [0.1, 0.15) is 5.56 Å². The lowest BCUT2D eigenvalue weighted by molar-refractivity contribution is 0.487. The van der Waals surface area contributed by atoms with Crippen molar-refractivity contribution in [2.24, 2.45) is 0 Å². The molecule has 6 heteroatoms. The van der Waals surface area contributed by atoms with Gasteiger partial charge >= 0.3 is 5.76 Å². The second-order valence-corrected chi connectivity index (χ2v) is 4.43. The molecule has 96 valence electrons. The van der Waals surface area contributed by atoms with Crippen molar-refractivity contribution in [2.45, 2.75) is 6.92 Å². The summed E-state index contributed by atoms with van der Waals surface area (Å²) in [4.78, 5) is 11.8. The molecule has 0 radical (unpaired) electrons. The summed E-state index contributed by atoms with van der Waals surface area (Å²) in [7, 11) is 0. The van der Waals surface area contributed by atoms with Crippen LogP contribution in [0, 0.1) is 6.92 Å². The van der Waals surface area contributed by atoms with E-state index < -0.39 is 5.76 Å². The molecule has 0 saturated carbocycles. The molecule has 0 aliphatic rings. The summed E-state index contributed by atoms with van der Waals surface area (Å²) in [6.07, 6.45) is 1.49. The van der Waals surface area contributed by atoms with Crippen LogP contribution in [0.25, 0.3) is 17.3 Å². The van der Waals surface area contributed by atoms with Crippen LogP contribution >= 0.6 is 11.6 Å². The third-order valence-corrected chi connectivity index (χ3v) is 2.90. The number of benzene rings is 1. The zero-order valence-electron chi connectivity index (χ0n) is 9.96. The highest BCUT2D eigenvalue weighted by Crippen LogP contribution is 2.20. The average molecular weight is 277 g/mol. The van der Waals surface area contributed by atoms with Gasteiger partial charge in [-0.1, -0.05) is 11.6 Å². The van der Waals surface area contributed by atoms with Crippen LogP contribution in [-0.4, -0.2) is 9.78 Å². The fourth-order valence-corrected chi connectivity index (χ4v) is 2.01. The molecule has 0 bridgehead atoms. The van der Waals surface area contributed by atoms with Gasteiger partial charge in [0.25, 0.3) is 5.89 Å². The van der Waals surface area contributed by atoms with Crippen molar-refractivity contribution >= 4 is 11.6 Å². The predicted octanol–water partition coefficient (Wildman–Crippen LogP) is 3.05. The van der Waals surface area contributed by atoms with E-state index in [4.69, 9.17) is 20.4 Å². The van der Waals surface area contributed by atoms with Crippen molar-refractivity contribution in [3.8, 4) is 17.3 Å². The van der Waals surface area contributed by atoms with Crippen LogP contribution < -0.4 is 5.76 Å². The van der Waals surface area contributed by atoms with Gasteiger partial charge in [0, 0.05) is 5.02 Å². The van der Waals surface area contributed by atoms with E-state index in [0.717, 1.165) is 5.56 Å². The Balaban J connectivity index is 2.14. The van der Waals surface area contributed by atoms with Gasteiger partial charge in [0.2, 0.25) is 0 Å². The van der Waals surface area contributed by atoms with Gasteiger partial charge in [0.1, 0.15) is 0 Å². The normalized spacial score (nSPS) is 10.8. The van der Waals surface area contributed by atoms with Crippen molar-refractivity contribution in [3.05, 3.63) is 57.7 Å². The molecular formula is C13H9ClN2O3. The molecule has 2 aromatic heterocycles. The van der Waals surface area contributed by atoms with E-state index >= 15 is 0 Å². The maximum absolute atomic E-state index is 11.8. The molecule has 0 unspecified atom stereocenters. The first-order valence-corrected chi connectivity index (χ1v) is 5.93. The van der Waals surface area contributed by atoms with Gasteiger partial charge in [-0.25, -0.2) is 4.79 Å². The standard InChI is InChI=1S/C13H9ClN2O3/c1-8-7-9(14)4-5-10(8)16-13(17)19-12(15-16)11-3-2-6-18-11/h2-7H,1H3. The molecule has 19 heavy (non-hydrogen) atoms. The summed E-state index contributed by atoms with van der Waals surface area (Å²) >= 11 is 5.88. The van der Waals surface area contributed by atoms with Gasteiger partial charge in [-0.3, -0.25) is 0 Å². The lowest BCUT2D eigenvalue weighted by atomic mass is 10.2. The lowest BCUT2D eigenvalue weighted by Crippen LogP contribution is -2.14. The Morgan fingerprint density at radius 2 is 2.16 bits per heavy atom. The molecule has 0 saturated heterocycles. The minimum Gasteiger partial charge on any atom is -0.459 e. The third-order valence-electron chi connectivity index (χ3n) is 2.67. The highest BCUT2D eigenvalue weighted by atomic mass is 35.5. The van der Waals surface area contributed by atoms with Gasteiger partial charge < -0.3 is 8.83 Å². The second-order valence-electron chi connectivity index (χ2n) is 3.99. The van der Waals surface area contributed by atoms with E-state index in [0.29, 0.717) is 16.5 Å². The third kappa shape index (κ3) is 2.08. The minimum absolute atomic E-state index is 0.143. The first kappa shape index (κ1) is 11.8. The van der Waals surface area contributed by atoms with Crippen molar-refractivity contribution < 1.29 is 8.83 Å². The van der Waals surface area contributed by atoms with E-state index in [-0.39, 0.29) is 5.89 Å². The van der Waals surface area contributed by atoms with Crippen LogP contribution in [0.15, 0.2) is 50.2 Å². The SMILES string of the molecule is Cc1cc(Cl)ccc1-n1nc(-c2ccco2)oc1=O. The zero-order valence-corrected chi connectivity index (χ0v) is 10.7. The number of rotatable bonds is 2. The molecule has 0 atom stereocenters. The van der Waals surface area contributed by atoms with Crippen LogP contribution in [0.5, 0.6) is 0 Å². The van der Waals surface area contributed by atoms with Crippen LogP contribution in [-0.2, 0) is 0 Å². The molecule has 5 nitrogen and oxygen atoms in total. The number of hydrogen-bond acceptors (Lipinski definition) is 4. The van der Waals surface area contributed by atoms with Gasteiger partial charge in [0.05, 0.1) is 12.0 Å². The average Bonchev–Trinajstić information content (AvgIpc) is 2.98. The predicted molar refractivity (Wildman–Crippen MR) is 69.5 cm³/mol. The molecule has 3 rings (SSSR count). The molecule has 1 aromatic carbocycles. The molecule has 0 spiro atoms. The number of aryl methyl sites for hydroxylation is 1. The number of halogens is 1. The van der Waals surface area contributed by atoms with Crippen LogP contribution in [0.4, 0.5) is 0 Å². The Hall–Kier alpha value is -2.27. The first-order valence-electron chi connectivity index (χ1n) is 5.56. The second kappa shape index (κ2) is 4.44. The van der Waals surface area contributed by atoms with E-state index in [1.807, 2.05) is 6.92 Å².